The number of ether oxygens (including phenoxy) is 1. The molecule has 11 heteroatoms. The molecule has 244 valence electrons. The number of nitrogens with two attached hydrogens (primary N) is 2. The van der Waals surface area contributed by atoms with E-state index < -0.39 is 18.2 Å². The molecule has 1 fully saturated rings. The highest BCUT2D eigenvalue weighted by Crippen LogP contribution is 2.33. The average molecular weight is 627 g/mol. The summed E-state index contributed by atoms with van der Waals surface area (Å²) < 4.78 is 5.22. The fourth-order valence-corrected chi connectivity index (χ4v) is 5.84. The Kier molecular flexibility index (Phi) is 10.4. The standard InChI is InChI=1S/C35H46N8O3/c1-6-26(36)35(45)43-17-7-8-29(43)32-38-18-27(40-32)24-13-9-22(10-14-24)23-11-15-25(16-12-23)28-19-39-33(41-28)31(20(2)3)42-34(44)30(37)21(4)46-5/h9-16,18-21,26,29-31H,6-8,17,36-37H2,1-5H3,(H,38,40)(H,39,41)(H,42,44)/t21-,26?,29+,30+,31+/m1/s1. The zero-order valence-corrected chi connectivity index (χ0v) is 27.3. The molecule has 0 saturated carbocycles. The molecule has 0 spiro atoms. The molecule has 1 saturated heterocycles. The predicted octanol–water partition coefficient (Wildman–Crippen LogP) is 4.71. The first-order chi connectivity index (χ1) is 22.1. The number of carbonyl (C=O) groups excluding carboxylic acids is 2. The highest BCUT2D eigenvalue weighted by molar-refractivity contribution is 5.83. The summed E-state index contributed by atoms with van der Waals surface area (Å²) in [5.74, 6) is 1.29. The van der Waals surface area contributed by atoms with Crippen molar-refractivity contribution in [1.82, 2.24) is 30.2 Å². The Labute approximate surface area is 270 Å². The fourth-order valence-electron chi connectivity index (χ4n) is 5.84. The summed E-state index contributed by atoms with van der Waals surface area (Å²) in [7, 11) is 1.54. The van der Waals surface area contributed by atoms with Gasteiger partial charge >= 0.3 is 0 Å². The van der Waals surface area contributed by atoms with Crippen molar-refractivity contribution in [2.45, 2.75) is 77.2 Å². The molecule has 1 aliphatic rings. The van der Waals surface area contributed by atoms with Crippen molar-refractivity contribution in [3.8, 4) is 33.6 Å². The summed E-state index contributed by atoms with van der Waals surface area (Å²) in [5, 5.41) is 3.02. The van der Waals surface area contributed by atoms with Gasteiger partial charge in [-0.1, -0.05) is 69.3 Å². The van der Waals surface area contributed by atoms with Gasteiger partial charge in [0.05, 0.1) is 48.0 Å². The number of hydrogen-bond acceptors (Lipinski definition) is 7. The number of methoxy groups -OCH3 is 1. The Balaban J connectivity index is 1.25. The predicted molar refractivity (Wildman–Crippen MR) is 179 cm³/mol. The Morgan fingerprint density at radius 1 is 0.935 bits per heavy atom. The lowest BCUT2D eigenvalue weighted by Gasteiger charge is -2.25. The molecule has 3 heterocycles. The van der Waals surface area contributed by atoms with E-state index in [9.17, 15) is 9.59 Å². The quantitative estimate of drug-likeness (QED) is 0.152. The summed E-state index contributed by atoms with van der Waals surface area (Å²) in [4.78, 5) is 43.4. The lowest BCUT2D eigenvalue weighted by atomic mass is 10.0. The van der Waals surface area contributed by atoms with E-state index in [0.717, 1.165) is 52.3 Å². The number of likely N-dealkylation sites (tertiary alicyclic amines) is 1. The van der Waals surface area contributed by atoms with Crippen LogP contribution >= 0.6 is 0 Å². The average Bonchev–Trinajstić information content (AvgIpc) is 3.87. The van der Waals surface area contributed by atoms with Gasteiger partial charge in [0.15, 0.2) is 0 Å². The second-order valence-electron chi connectivity index (χ2n) is 12.4. The number of nitrogens with zero attached hydrogens (tertiary/aromatic N) is 3. The van der Waals surface area contributed by atoms with Gasteiger partial charge in [-0.2, -0.15) is 0 Å². The summed E-state index contributed by atoms with van der Waals surface area (Å²) >= 11 is 0. The molecule has 46 heavy (non-hydrogen) atoms. The van der Waals surface area contributed by atoms with Crippen LogP contribution in [0, 0.1) is 5.92 Å². The lowest BCUT2D eigenvalue weighted by molar-refractivity contribution is -0.133. The van der Waals surface area contributed by atoms with Crippen molar-refractivity contribution in [2.75, 3.05) is 13.7 Å². The molecule has 0 radical (unpaired) electrons. The normalized spacial score (nSPS) is 17.6. The van der Waals surface area contributed by atoms with Crippen LogP contribution < -0.4 is 16.8 Å². The summed E-state index contributed by atoms with van der Waals surface area (Å²) in [6.07, 6.45) is 5.67. The number of rotatable bonds is 12. The Bertz CT molecular complexity index is 1610. The highest BCUT2D eigenvalue weighted by Gasteiger charge is 2.34. The van der Waals surface area contributed by atoms with E-state index in [0.29, 0.717) is 18.8 Å². The molecule has 0 aliphatic carbocycles. The molecule has 11 nitrogen and oxygen atoms in total. The molecule has 2 amide bonds. The molecule has 7 N–H and O–H groups in total. The van der Waals surface area contributed by atoms with Crippen LogP contribution in [-0.4, -0.2) is 68.5 Å². The van der Waals surface area contributed by atoms with Gasteiger partial charge in [0.1, 0.15) is 17.7 Å². The van der Waals surface area contributed by atoms with Gasteiger partial charge in [-0.25, -0.2) is 9.97 Å². The van der Waals surface area contributed by atoms with Gasteiger partial charge in [-0.3, -0.25) is 9.59 Å². The van der Waals surface area contributed by atoms with E-state index >= 15 is 0 Å². The van der Waals surface area contributed by atoms with Crippen molar-refractivity contribution < 1.29 is 14.3 Å². The molecule has 1 unspecified atom stereocenters. The van der Waals surface area contributed by atoms with Gasteiger partial charge in [0.2, 0.25) is 11.8 Å². The van der Waals surface area contributed by atoms with E-state index in [1.807, 2.05) is 31.9 Å². The smallest absolute Gasteiger partial charge is 0.240 e. The number of nitrogens with one attached hydrogen (secondary N) is 3. The maximum Gasteiger partial charge on any atom is 0.240 e. The number of imidazole rings is 2. The van der Waals surface area contributed by atoms with Gasteiger partial charge in [0, 0.05) is 13.7 Å². The van der Waals surface area contributed by atoms with E-state index in [1.165, 1.54) is 7.11 Å². The van der Waals surface area contributed by atoms with Gasteiger partial charge in [0.25, 0.3) is 0 Å². The second-order valence-corrected chi connectivity index (χ2v) is 12.4. The van der Waals surface area contributed by atoms with E-state index in [4.69, 9.17) is 16.2 Å². The van der Waals surface area contributed by atoms with Gasteiger partial charge in [-0.15, -0.1) is 0 Å². The van der Waals surface area contributed by atoms with Crippen LogP contribution in [0.25, 0.3) is 33.6 Å². The van der Waals surface area contributed by atoms with Crippen LogP contribution in [0.1, 0.15) is 70.7 Å². The van der Waals surface area contributed by atoms with E-state index in [1.54, 1.807) is 13.1 Å². The first-order valence-corrected chi connectivity index (χ1v) is 16.1. The number of carbonyl (C=O) groups is 2. The van der Waals surface area contributed by atoms with E-state index in [2.05, 4.69) is 73.8 Å². The minimum atomic E-state index is -0.774. The minimum absolute atomic E-state index is 0.00634. The number of benzene rings is 2. The zero-order chi connectivity index (χ0) is 33.0. The number of H-pyrrole nitrogens is 2. The van der Waals surface area contributed by atoms with Gasteiger partial charge < -0.3 is 36.4 Å². The maximum absolute atomic E-state index is 12.8. The fraction of sp³-hybridized carbons (Fsp3) is 0.429. The second kappa shape index (κ2) is 14.4. The summed E-state index contributed by atoms with van der Waals surface area (Å²) in [6, 6.07) is 15.0. The molecular weight excluding hydrogens is 580 g/mol. The molecule has 2 aromatic heterocycles. The number of aromatic nitrogens is 4. The van der Waals surface area contributed by atoms with Crippen molar-refractivity contribution in [3.63, 3.8) is 0 Å². The Hall–Kier alpha value is -4.32. The van der Waals surface area contributed by atoms with Gasteiger partial charge in [-0.05, 0) is 54.4 Å². The molecule has 1 aliphatic heterocycles. The van der Waals surface area contributed by atoms with Crippen LogP contribution in [0.5, 0.6) is 0 Å². The molecule has 4 aromatic rings. The summed E-state index contributed by atoms with van der Waals surface area (Å²) in [5.41, 5.74) is 18.1. The Morgan fingerprint density at radius 3 is 2.07 bits per heavy atom. The number of aromatic amines is 2. The Morgan fingerprint density at radius 2 is 1.50 bits per heavy atom. The van der Waals surface area contributed by atoms with Crippen molar-refractivity contribution >= 4 is 11.8 Å². The van der Waals surface area contributed by atoms with Crippen LogP contribution in [-0.2, 0) is 14.3 Å². The van der Waals surface area contributed by atoms with Crippen LogP contribution in [0.15, 0.2) is 60.9 Å². The first-order valence-electron chi connectivity index (χ1n) is 16.1. The SMILES string of the molecule is CCC(N)C(=O)N1CCC[C@H]1c1ncc(-c2ccc(-c3ccc(-c4cnc([C@@H](NC(=O)[C@@H](N)[C@@H](C)OC)C(C)C)[nH]4)cc3)cc2)[nH]1. The molecular formula is C35H46N8O3. The molecule has 2 aromatic carbocycles. The zero-order valence-electron chi connectivity index (χ0n) is 27.3. The monoisotopic (exact) mass is 626 g/mol. The molecule has 0 bridgehead atoms. The maximum atomic E-state index is 12.8. The number of hydrogen-bond donors (Lipinski definition) is 5. The van der Waals surface area contributed by atoms with Crippen molar-refractivity contribution in [3.05, 3.63) is 72.6 Å². The van der Waals surface area contributed by atoms with Crippen LogP contribution in [0.2, 0.25) is 0 Å². The number of amides is 2. The molecule has 5 atom stereocenters. The minimum Gasteiger partial charge on any atom is -0.380 e. The summed E-state index contributed by atoms with van der Waals surface area (Å²) in [6.45, 7) is 8.47. The van der Waals surface area contributed by atoms with Crippen molar-refractivity contribution in [2.24, 2.45) is 17.4 Å². The van der Waals surface area contributed by atoms with Crippen LogP contribution in [0.3, 0.4) is 0 Å². The lowest BCUT2D eigenvalue weighted by Crippen LogP contribution is -2.49. The highest BCUT2D eigenvalue weighted by atomic mass is 16.5. The van der Waals surface area contributed by atoms with Crippen LogP contribution in [0.4, 0.5) is 0 Å². The molecule has 5 rings (SSSR count). The first kappa shape index (κ1) is 33.1. The topological polar surface area (TPSA) is 168 Å². The third-order valence-corrected chi connectivity index (χ3v) is 8.96. The third kappa shape index (κ3) is 7.06. The largest absolute Gasteiger partial charge is 0.380 e. The third-order valence-electron chi connectivity index (χ3n) is 8.96. The van der Waals surface area contributed by atoms with E-state index in [-0.39, 0.29) is 29.8 Å². The van der Waals surface area contributed by atoms with Crippen molar-refractivity contribution in [1.29, 1.82) is 0 Å².